The van der Waals surface area contributed by atoms with Crippen LogP contribution in [0.3, 0.4) is 0 Å². The molecule has 3 rings (SSSR count). The number of halogens is 1. The standard InChI is InChI=1S/C21H18BrNO6S/c1-12-4-3-5-13(6-12)11-29-19-15(22)7-14(8-16(19)28-2)9-17-20(26)23(10-18(24)25)21(27)30-17/h3-9H,10-11H2,1-2H3,(H,24,25)/b17-9+. The van der Waals surface area contributed by atoms with E-state index >= 15 is 0 Å². The van der Waals surface area contributed by atoms with Gasteiger partial charge in [0.15, 0.2) is 11.5 Å². The predicted octanol–water partition coefficient (Wildman–Crippen LogP) is 4.47. The van der Waals surface area contributed by atoms with Gasteiger partial charge in [-0.3, -0.25) is 19.3 Å². The molecule has 0 unspecified atom stereocenters. The highest BCUT2D eigenvalue weighted by Gasteiger charge is 2.36. The second kappa shape index (κ2) is 9.36. The quantitative estimate of drug-likeness (QED) is 0.571. The van der Waals surface area contributed by atoms with Gasteiger partial charge < -0.3 is 14.6 Å². The van der Waals surface area contributed by atoms with E-state index in [0.29, 0.717) is 44.8 Å². The summed E-state index contributed by atoms with van der Waals surface area (Å²) in [4.78, 5) is 35.9. The number of carbonyl (C=O) groups excluding carboxylic acids is 2. The van der Waals surface area contributed by atoms with E-state index in [1.165, 1.54) is 13.2 Å². The molecule has 1 aliphatic heterocycles. The van der Waals surface area contributed by atoms with Gasteiger partial charge in [-0.15, -0.1) is 0 Å². The first-order valence-corrected chi connectivity index (χ1v) is 10.4. The zero-order chi connectivity index (χ0) is 21.8. The fourth-order valence-electron chi connectivity index (χ4n) is 2.84. The summed E-state index contributed by atoms with van der Waals surface area (Å²) in [6, 6.07) is 11.4. The van der Waals surface area contributed by atoms with E-state index in [0.717, 1.165) is 11.1 Å². The Labute approximate surface area is 185 Å². The molecule has 2 aromatic carbocycles. The summed E-state index contributed by atoms with van der Waals surface area (Å²) in [6.07, 6.45) is 1.52. The number of benzene rings is 2. The molecule has 0 spiro atoms. The molecule has 9 heteroatoms. The monoisotopic (exact) mass is 491 g/mol. The number of rotatable bonds is 7. The number of amides is 2. The third-order valence-electron chi connectivity index (χ3n) is 4.18. The molecule has 0 bridgehead atoms. The zero-order valence-corrected chi connectivity index (χ0v) is 18.6. The fourth-order valence-corrected chi connectivity index (χ4v) is 4.26. The van der Waals surface area contributed by atoms with Crippen LogP contribution >= 0.6 is 27.7 Å². The largest absolute Gasteiger partial charge is 0.493 e. The number of thioether (sulfide) groups is 1. The van der Waals surface area contributed by atoms with E-state index in [1.54, 1.807) is 12.1 Å². The number of hydrogen-bond donors (Lipinski definition) is 1. The summed E-state index contributed by atoms with van der Waals surface area (Å²) in [7, 11) is 1.51. The van der Waals surface area contributed by atoms with Crippen molar-refractivity contribution in [2.24, 2.45) is 0 Å². The molecule has 7 nitrogen and oxygen atoms in total. The summed E-state index contributed by atoms with van der Waals surface area (Å²) in [5.41, 5.74) is 2.75. The lowest BCUT2D eigenvalue weighted by atomic mass is 10.1. The first-order valence-electron chi connectivity index (χ1n) is 8.81. The maximum Gasteiger partial charge on any atom is 0.323 e. The van der Waals surface area contributed by atoms with Gasteiger partial charge in [0.25, 0.3) is 11.1 Å². The van der Waals surface area contributed by atoms with Gasteiger partial charge in [-0.05, 0) is 64.0 Å². The van der Waals surface area contributed by atoms with Gasteiger partial charge in [-0.2, -0.15) is 0 Å². The Bertz CT molecular complexity index is 1050. The van der Waals surface area contributed by atoms with Gasteiger partial charge in [0.05, 0.1) is 16.5 Å². The molecular weight excluding hydrogens is 474 g/mol. The summed E-state index contributed by atoms with van der Waals surface area (Å²) in [6.45, 7) is 1.69. The molecule has 0 aliphatic carbocycles. The van der Waals surface area contributed by atoms with Crippen LogP contribution in [0, 0.1) is 6.92 Å². The van der Waals surface area contributed by atoms with E-state index in [1.807, 2.05) is 31.2 Å². The summed E-state index contributed by atoms with van der Waals surface area (Å²) >= 11 is 4.17. The van der Waals surface area contributed by atoms with Crippen LogP contribution in [0.25, 0.3) is 6.08 Å². The number of imide groups is 1. The normalized spacial score (nSPS) is 15.0. The second-order valence-electron chi connectivity index (χ2n) is 6.47. The topological polar surface area (TPSA) is 93.1 Å². The Morgan fingerprint density at radius 2 is 2.03 bits per heavy atom. The predicted molar refractivity (Wildman–Crippen MR) is 117 cm³/mol. The Kier molecular flexibility index (Phi) is 6.84. The highest BCUT2D eigenvalue weighted by Crippen LogP contribution is 2.39. The van der Waals surface area contributed by atoms with Crippen LogP contribution in [-0.2, 0) is 16.2 Å². The van der Waals surface area contributed by atoms with Gasteiger partial charge in [0.2, 0.25) is 0 Å². The fraction of sp³-hybridized carbons (Fsp3) is 0.190. The SMILES string of the molecule is COc1cc(/C=C2/SC(=O)N(CC(=O)O)C2=O)cc(Br)c1OCc1cccc(C)c1. The number of ether oxygens (including phenoxy) is 2. The number of carbonyl (C=O) groups is 3. The molecule has 1 fully saturated rings. The molecule has 0 saturated carbocycles. The van der Waals surface area contributed by atoms with Crippen molar-refractivity contribution in [2.75, 3.05) is 13.7 Å². The molecule has 0 atom stereocenters. The smallest absolute Gasteiger partial charge is 0.323 e. The number of carboxylic acids is 1. The molecule has 1 heterocycles. The van der Waals surface area contributed by atoms with Crippen molar-refractivity contribution < 1.29 is 29.0 Å². The Morgan fingerprint density at radius 1 is 1.27 bits per heavy atom. The van der Waals surface area contributed by atoms with Gasteiger partial charge in [-0.25, -0.2) is 0 Å². The van der Waals surface area contributed by atoms with Crippen molar-refractivity contribution in [1.82, 2.24) is 4.90 Å². The van der Waals surface area contributed by atoms with Crippen LogP contribution in [0.5, 0.6) is 11.5 Å². The maximum atomic E-state index is 12.3. The lowest BCUT2D eigenvalue weighted by Crippen LogP contribution is -2.33. The molecule has 1 N–H and O–H groups in total. The zero-order valence-electron chi connectivity index (χ0n) is 16.2. The highest BCUT2D eigenvalue weighted by atomic mass is 79.9. The Hall–Kier alpha value is -2.78. The first-order chi connectivity index (χ1) is 14.3. The first kappa shape index (κ1) is 21.9. The van der Waals surface area contributed by atoms with Crippen LogP contribution in [0.4, 0.5) is 4.79 Å². The van der Waals surface area contributed by atoms with Crippen molar-refractivity contribution in [2.45, 2.75) is 13.5 Å². The minimum atomic E-state index is -1.25. The van der Waals surface area contributed by atoms with Crippen molar-refractivity contribution in [1.29, 1.82) is 0 Å². The molecular formula is C21H18BrNO6S. The van der Waals surface area contributed by atoms with Gasteiger partial charge in [-0.1, -0.05) is 29.8 Å². The third kappa shape index (κ3) is 5.03. The number of nitrogens with zero attached hydrogens (tertiary/aromatic N) is 1. The number of carboxylic acid groups (broad SMARTS) is 1. The summed E-state index contributed by atoms with van der Waals surface area (Å²) < 4.78 is 12.0. The summed E-state index contributed by atoms with van der Waals surface area (Å²) in [5.74, 6) is -0.927. The molecule has 2 aromatic rings. The Balaban J connectivity index is 1.83. The number of methoxy groups -OCH3 is 1. The number of aliphatic carboxylic acids is 1. The van der Waals surface area contributed by atoms with Crippen LogP contribution in [0.1, 0.15) is 16.7 Å². The van der Waals surface area contributed by atoms with Crippen molar-refractivity contribution in [3.05, 3.63) is 62.5 Å². The van der Waals surface area contributed by atoms with E-state index in [4.69, 9.17) is 14.6 Å². The van der Waals surface area contributed by atoms with Gasteiger partial charge in [0.1, 0.15) is 13.2 Å². The molecule has 1 saturated heterocycles. The number of hydrogen-bond acceptors (Lipinski definition) is 6. The molecule has 1 aliphatic rings. The minimum absolute atomic E-state index is 0.142. The van der Waals surface area contributed by atoms with E-state index in [-0.39, 0.29) is 4.91 Å². The second-order valence-corrected chi connectivity index (χ2v) is 8.32. The average Bonchev–Trinajstić information content (AvgIpc) is 2.94. The van der Waals surface area contributed by atoms with Crippen molar-refractivity contribution in [3.63, 3.8) is 0 Å². The molecule has 0 radical (unpaired) electrons. The Morgan fingerprint density at radius 3 is 2.70 bits per heavy atom. The van der Waals surface area contributed by atoms with Crippen LogP contribution in [0.15, 0.2) is 45.8 Å². The van der Waals surface area contributed by atoms with Gasteiger partial charge in [0, 0.05) is 0 Å². The lowest BCUT2D eigenvalue weighted by Gasteiger charge is -2.14. The third-order valence-corrected chi connectivity index (χ3v) is 5.68. The highest BCUT2D eigenvalue weighted by molar-refractivity contribution is 9.10. The van der Waals surface area contributed by atoms with Crippen LogP contribution < -0.4 is 9.47 Å². The van der Waals surface area contributed by atoms with Crippen LogP contribution in [0.2, 0.25) is 0 Å². The van der Waals surface area contributed by atoms with E-state index in [9.17, 15) is 14.4 Å². The number of aryl methyl sites for hydroxylation is 1. The summed E-state index contributed by atoms with van der Waals surface area (Å²) in [5, 5.41) is 8.24. The molecule has 2 amide bonds. The van der Waals surface area contributed by atoms with Crippen LogP contribution in [-0.4, -0.2) is 40.8 Å². The van der Waals surface area contributed by atoms with Crippen molar-refractivity contribution in [3.8, 4) is 11.5 Å². The minimum Gasteiger partial charge on any atom is -0.493 e. The van der Waals surface area contributed by atoms with E-state index < -0.39 is 23.7 Å². The maximum absolute atomic E-state index is 12.3. The average molecular weight is 492 g/mol. The molecule has 0 aromatic heterocycles. The molecule has 156 valence electrons. The van der Waals surface area contributed by atoms with Crippen molar-refractivity contribution >= 4 is 50.9 Å². The molecule has 30 heavy (non-hydrogen) atoms. The lowest BCUT2D eigenvalue weighted by molar-refractivity contribution is -0.140. The van der Waals surface area contributed by atoms with E-state index in [2.05, 4.69) is 15.9 Å². The van der Waals surface area contributed by atoms with Gasteiger partial charge >= 0.3 is 5.97 Å².